The SMILES string of the molecule is Cc1ccc(N2CC(C(=O)NCCCn3c(C)cc4ccccc43)CC2=O)cc1C. The Morgan fingerprint density at radius 1 is 1.07 bits per heavy atom. The molecule has 1 saturated heterocycles. The Morgan fingerprint density at radius 3 is 2.67 bits per heavy atom. The number of para-hydroxylation sites is 1. The maximum Gasteiger partial charge on any atom is 0.227 e. The highest BCUT2D eigenvalue weighted by molar-refractivity contribution is 6.00. The molecule has 1 aromatic heterocycles. The van der Waals surface area contributed by atoms with Crippen LogP contribution in [0, 0.1) is 26.7 Å². The van der Waals surface area contributed by atoms with Crippen LogP contribution in [0.2, 0.25) is 0 Å². The van der Waals surface area contributed by atoms with Crippen LogP contribution in [0.3, 0.4) is 0 Å². The average Bonchev–Trinajstić information content (AvgIpc) is 3.27. The lowest BCUT2D eigenvalue weighted by atomic mass is 10.1. The summed E-state index contributed by atoms with van der Waals surface area (Å²) < 4.78 is 2.29. The molecule has 1 aliphatic rings. The van der Waals surface area contributed by atoms with E-state index in [-0.39, 0.29) is 24.2 Å². The fourth-order valence-corrected chi connectivity index (χ4v) is 4.26. The molecule has 0 saturated carbocycles. The monoisotopic (exact) mass is 403 g/mol. The van der Waals surface area contributed by atoms with Crippen LogP contribution in [0.5, 0.6) is 0 Å². The molecule has 2 heterocycles. The van der Waals surface area contributed by atoms with E-state index in [0.717, 1.165) is 24.2 Å². The molecule has 2 amide bonds. The fraction of sp³-hybridized carbons (Fsp3) is 0.360. The second-order valence-corrected chi connectivity index (χ2v) is 8.31. The second kappa shape index (κ2) is 8.34. The summed E-state index contributed by atoms with van der Waals surface area (Å²) in [6.07, 6.45) is 1.13. The molecule has 0 bridgehead atoms. The third kappa shape index (κ3) is 3.97. The second-order valence-electron chi connectivity index (χ2n) is 8.31. The Morgan fingerprint density at radius 2 is 1.87 bits per heavy atom. The zero-order valence-corrected chi connectivity index (χ0v) is 17.9. The van der Waals surface area contributed by atoms with Crippen molar-refractivity contribution in [2.75, 3.05) is 18.0 Å². The average molecular weight is 404 g/mol. The zero-order valence-electron chi connectivity index (χ0n) is 17.9. The van der Waals surface area contributed by atoms with Crippen LogP contribution < -0.4 is 10.2 Å². The molecule has 1 aliphatic heterocycles. The van der Waals surface area contributed by atoms with Gasteiger partial charge in [-0.1, -0.05) is 24.3 Å². The molecular formula is C25H29N3O2. The van der Waals surface area contributed by atoms with Crippen LogP contribution in [0.25, 0.3) is 10.9 Å². The minimum atomic E-state index is -0.284. The van der Waals surface area contributed by atoms with Gasteiger partial charge in [0.15, 0.2) is 0 Å². The van der Waals surface area contributed by atoms with Crippen molar-refractivity contribution < 1.29 is 9.59 Å². The number of rotatable bonds is 6. The molecule has 0 spiro atoms. The number of hydrogen-bond donors (Lipinski definition) is 1. The summed E-state index contributed by atoms with van der Waals surface area (Å²) in [7, 11) is 0. The fourth-order valence-electron chi connectivity index (χ4n) is 4.26. The standard InChI is InChI=1S/C25H29N3O2/c1-17-9-10-22(13-18(17)2)28-16-21(15-24(28)29)25(30)26-11-6-12-27-19(3)14-20-7-4-5-8-23(20)27/h4-5,7-10,13-14,21H,6,11-12,15-16H2,1-3H3,(H,26,30). The molecule has 0 aliphatic carbocycles. The summed E-state index contributed by atoms with van der Waals surface area (Å²) in [4.78, 5) is 26.9. The lowest BCUT2D eigenvalue weighted by Crippen LogP contribution is -2.33. The smallest absolute Gasteiger partial charge is 0.227 e. The first-order valence-corrected chi connectivity index (χ1v) is 10.6. The molecule has 4 rings (SSSR count). The van der Waals surface area contributed by atoms with Crippen molar-refractivity contribution in [1.29, 1.82) is 0 Å². The summed E-state index contributed by atoms with van der Waals surface area (Å²) >= 11 is 0. The van der Waals surface area contributed by atoms with Gasteiger partial charge in [-0.2, -0.15) is 0 Å². The Kier molecular flexibility index (Phi) is 5.62. The van der Waals surface area contributed by atoms with Crippen molar-refractivity contribution in [1.82, 2.24) is 9.88 Å². The predicted molar refractivity (Wildman–Crippen MR) is 121 cm³/mol. The molecular weight excluding hydrogens is 374 g/mol. The Bertz CT molecular complexity index is 1100. The number of anilines is 1. The Balaban J connectivity index is 1.31. The van der Waals surface area contributed by atoms with Gasteiger partial charge in [-0.3, -0.25) is 9.59 Å². The summed E-state index contributed by atoms with van der Waals surface area (Å²) in [5.41, 5.74) is 5.69. The van der Waals surface area contributed by atoms with Crippen molar-refractivity contribution in [3.63, 3.8) is 0 Å². The van der Waals surface area contributed by atoms with Crippen molar-refractivity contribution in [3.8, 4) is 0 Å². The van der Waals surface area contributed by atoms with E-state index in [4.69, 9.17) is 0 Å². The molecule has 1 atom stereocenters. The molecule has 0 radical (unpaired) electrons. The van der Waals surface area contributed by atoms with Crippen LogP contribution in [0.4, 0.5) is 5.69 Å². The third-order valence-corrected chi connectivity index (χ3v) is 6.17. The third-order valence-electron chi connectivity index (χ3n) is 6.17. The van der Waals surface area contributed by atoms with Crippen molar-refractivity contribution in [2.24, 2.45) is 5.92 Å². The van der Waals surface area contributed by atoms with Gasteiger partial charge in [0.1, 0.15) is 0 Å². The normalized spacial score (nSPS) is 16.4. The molecule has 3 aromatic rings. The van der Waals surface area contributed by atoms with Gasteiger partial charge in [-0.15, -0.1) is 0 Å². The lowest BCUT2D eigenvalue weighted by Gasteiger charge is -2.18. The molecule has 5 heteroatoms. The quantitative estimate of drug-likeness (QED) is 0.630. The zero-order chi connectivity index (χ0) is 21.3. The van der Waals surface area contributed by atoms with Crippen LogP contribution >= 0.6 is 0 Å². The highest BCUT2D eigenvalue weighted by Crippen LogP contribution is 2.27. The summed E-state index contributed by atoms with van der Waals surface area (Å²) in [6.45, 7) is 8.13. The first kappa shape index (κ1) is 20.2. The Labute approximate surface area is 177 Å². The molecule has 5 nitrogen and oxygen atoms in total. The largest absolute Gasteiger partial charge is 0.356 e. The number of nitrogens with zero attached hydrogens (tertiary/aromatic N) is 2. The number of aromatic nitrogens is 1. The molecule has 156 valence electrons. The minimum Gasteiger partial charge on any atom is -0.356 e. The highest BCUT2D eigenvalue weighted by Gasteiger charge is 2.35. The highest BCUT2D eigenvalue weighted by atomic mass is 16.2. The van der Waals surface area contributed by atoms with Gasteiger partial charge in [-0.25, -0.2) is 0 Å². The minimum absolute atomic E-state index is 0.0211. The number of fused-ring (bicyclic) bond motifs is 1. The number of hydrogen-bond acceptors (Lipinski definition) is 2. The first-order valence-electron chi connectivity index (χ1n) is 10.6. The van der Waals surface area contributed by atoms with Gasteiger partial charge in [0.05, 0.1) is 5.92 Å². The van der Waals surface area contributed by atoms with Crippen LogP contribution in [0.15, 0.2) is 48.5 Å². The molecule has 1 unspecified atom stereocenters. The summed E-state index contributed by atoms with van der Waals surface area (Å²) in [5, 5.41) is 4.28. The lowest BCUT2D eigenvalue weighted by molar-refractivity contribution is -0.126. The van der Waals surface area contributed by atoms with Gasteiger partial charge >= 0.3 is 0 Å². The van der Waals surface area contributed by atoms with Gasteiger partial charge in [0.2, 0.25) is 11.8 Å². The van der Waals surface area contributed by atoms with E-state index in [1.54, 1.807) is 4.90 Å². The molecule has 1 N–H and O–H groups in total. The number of aryl methyl sites for hydroxylation is 4. The van der Waals surface area contributed by atoms with E-state index in [1.165, 1.54) is 22.2 Å². The van der Waals surface area contributed by atoms with E-state index in [1.807, 2.05) is 25.1 Å². The van der Waals surface area contributed by atoms with Gasteiger partial charge in [0.25, 0.3) is 0 Å². The maximum atomic E-state index is 12.6. The maximum absolute atomic E-state index is 12.6. The number of carbonyl (C=O) groups excluding carboxylic acids is 2. The Hall–Kier alpha value is -3.08. The van der Waals surface area contributed by atoms with E-state index >= 15 is 0 Å². The van der Waals surface area contributed by atoms with Crippen LogP contribution in [0.1, 0.15) is 29.7 Å². The number of benzene rings is 2. The number of amides is 2. The van der Waals surface area contributed by atoms with E-state index in [9.17, 15) is 9.59 Å². The number of nitrogens with one attached hydrogen (secondary N) is 1. The summed E-state index contributed by atoms with van der Waals surface area (Å²) in [5.74, 6) is -0.287. The molecule has 2 aromatic carbocycles. The van der Waals surface area contributed by atoms with Crippen LogP contribution in [-0.4, -0.2) is 29.5 Å². The van der Waals surface area contributed by atoms with E-state index in [0.29, 0.717) is 13.1 Å². The van der Waals surface area contributed by atoms with Gasteiger partial charge in [-0.05, 0) is 68.0 Å². The number of carbonyl (C=O) groups is 2. The topological polar surface area (TPSA) is 54.3 Å². The van der Waals surface area contributed by atoms with Gasteiger partial charge < -0.3 is 14.8 Å². The summed E-state index contributed by atoms with van der Waals surface area (Å²) in [6, 6.07) is 16.6. The van der Waals surface area contributed by atoms with Crippen molar-refractivity contribution in [2.45, 2.75) is 40.2 Å². The molecule has 30 heavy (non-hydrogen) atoms. The van der Waals surface area contributed by atoms with E-state index < -0.39 is 0 Å². The first-order chi connectivity index (χ1) is 14.4. The van der Waals surface area contributed by atoms with Crippen molar-refractivity contribution >= 4 is 28.4 Å². The van der Waals surface area contributed by atoms with Crippen molar-refractivity contribution in [3.05, 3.63) is 65.4 Å². The van der Waals surface area contributed by atoms with E-state index in [2.05, 4.69) is 54.1 Å². The van der Waals surface area contributed by atoms with Gasteiger partial charge in [0, 0.05) is 43.0 Å². The predicted octanol–water partition coefficient (Wildman–Crippen LogP) is 4.13. The molecule has 1 fully saturated rings. The van der Waals surface area contributed by atoms with Crippen LogP contribution in [-0.2, 0) is 16.1 Å².